The molecule has 3 aliphatic rings. The first-order chi connectivity index (χ1) is 43.7. The van der Waals surface area contributed by atoms with Crippen molar-refractivity contribution in [1.82, 2.24) is 5.06 Å². The molecule has 0 saturated carbocycles. The van der Waals surface area contributed by atoms with Crippen LogP contribution in [0.2, 0.25) is 0 Å². The second-order valence-corrected chi connectivity index (χ2v) is 24.8. The highest BCUT2D eigenvalue weighted by Gasteiger charge is 2.40. The quantitative estimate of drug-likeness (QED) is 0.0244. The van der Waals surface area contributed by atoms with Gasteiger partial charge in [-0.1, -0.05) is 56.7 Å². The molecule has 0 spiro atoms. The van der Waals surface area contributed by atoms with Crippen LogP contribution in [0.5, 0.6) is 5.75 Å². The summed E-state index contributed by atoms with van der Waals surface area (Å²) in [4.78, 5) is 45.8. The number of ether oxygens (including phenoxy) is 12. The van der Waals surface area contributed by atoms with Gasteiger partial charge < -0.3 is 74.5 Å². The van der Waals surface area contributed by atoms with Gasteiger partial charge in [0.15, 0.2) is 0 Å². The van der Waals surface area contributed by atoms with Crippen LogP contribution in [0.15, 0.2) is 101 Å². The van der Waals surface area contributed by atoms with E-state index in [1.165, 1.54) is 12.1 Å². The molecule has 1 saturated heterocycles. The first-order valence-corrected chi connectivity index (χ1v) is 34.1. The fourth-order valence-electron chi connectivity index (χ4n) is 9.84. The van der Waals surface area contributed by atoms with E-state index in [0.29, 0.717) is 189 Å². The van der Waals surface area contributed by atoms with Crippen molar-refractivity contribution < 1.29 is 92.1 Å². The highest BCUT2D eigenvalue weighted by atomic mass is 127. The zero-order chi connectivity index (χ0) is 64.2. The number of hydrogen-bond donors (Lipinski definition) is 1. The molecule has 3 aromatic rings. The minimum atomic E-state index is -4.49. The minimum absolute atomic E-state index is 0.0207. The van der Waals surface area contributed by atoms with Crippen molar-refractivity contribution in [2.75, 3.05) is 189 Å². The topological polar surface area (TPSA) is 245 Å². The van der Waals surface area contributed by atoms with Gasteiger partial charge in [0.2, 0.25) is 0 Å². The summed E-state index contributed by atoms with van der Waals surface area (Å²) in [5.41, 5.74) is 6.83. The van der Waals surface area contributed by atoms with Crippen molar-refractivity contribution in [1.29, 1.82) is 0 Å². The average Bonchev–Trinajstić information content (AvgIpc) is 1.60. The number of benzene rings is 3. The molecule has 3 aliphatic heterocycles. The second-order valence-electron chi connectivity index (χ2n) is 21.3. The van der Waals surface area contributed by atoms with Crippen molar-refractivity contribution in [3.8, 4) is 5.75 Å². The normalized spacial score (nSPS) is 15.4. The van der Waals surface area contributed by atoms with E-state index in [2.05, 4.69) is 53.1 Å². The zero-order valence-corrected chi connectivity index (χ0v) is 55.8. The number of amides is 2. The molecule has 2 amide bonds. The summed E-state index contributed by atoms with van der Waals surface area (Å²) < 4.78 is 110. The van der Waals surface area contributed by atoms with Gasteiger partial charge in [-0.25, -0.2) is 4.79 Å². The lowest BCUT2D eigenvalue weighted by Gasteiger charge is -2.27. The van der Waals surface area contributed by atoms with E-state index in [1.807, 2.05) is 44.2 Å². The van der Waals surface area contributed by atoms with Gasteiger partial charge in [0.25, 0.3) is 21.9 Å². The van der Waals surface area contributed by atoms with E-state index < -0.39 is 54.5 Å². The van der Waals surface area contributed by atoms with E-state index in [4.69, 9.17) is 64.7 Å². The number of rotatable bonds is 48. The molecule has 1 fully saturated rings. The molecule has 500 valence electrons. The molecule has 0 aromatic heterocycles. The Balaban J connectivity index is 1.10. The smallest absolute Gasteiger partial charge is 0.333 e. The number of fused-ring (bicyclic) bond motifs is 2. The minimum Gasteiger partial charge on any atom is -0.434 e. The number of imide groups is 1. The number of hydrogen-bond acceptors (Lipinski definition) is 21. The molecule has 0 radical (unpaired) electrons. The number of allylic oxidation sites excluding steroid dienone is 5. The first kappa shape index (κ1) is 74.0. The molecule has 0 bridgehead atoms. The molecule has 0 atom stereocenters. The molecule has 1 N–H and O–H groups in total. The predicted molar refractivity (Wildman–Crippen MR) is 348 cm³/mol. The fraction of sp³-hybridized carbons (Fsp3) is 0.569. The van der Waals surface area contributed by atoms with E-state index in [-0.39, 0.29) is 24.2 Å². The van der Waals surface area contributed by atoms with Crippen molar-refractivity contribution in [2.24, 2.45) is 0 Å². The predicted octanol–water partition coefficient (Wildman–Crippen LogP) is 7.88. The number of unbranched alkanes of at least 4 members (excludes halogenated alkanes) is 2. The fourth-order valence-corrected chi connectivity index (χ4v) is 12.1. The standard InChI is InChI=1S/C65H92IN3O20S/c1-51-57(15-12-16-60-65(2,3)56-50-54(90(73,74)75)19-21-58(56)68(60)24-11-7-10-17-63(72)89-69-61(70)22-23-62(69)71)66-88-59-49-53(18-20-55(59)64(51)52-13-8-6-9-14-52)67(25-27-78-33-35-82-41-43-86-47-45-84-39-37-80-31-29-76-4)26-28-79-34-36-83-42-44-87-48-46-85-40-38-81-32-30-77-5/h6,8-9,12-16,18-21,49-50H,7,10-11,17,22-48H2,1-5H3,(H,73,74,75)/b15-12+,60-16+. The van der Waals surface area contributed by atoms with Crippen LogP contribution in [-0.2, 0) is 91.6 Å². The number of carbonyl (C=O) groups is 3. The van der Waals surface area contributed by atoms with Gasteiger partial charge >= 0.3 is 5.97 Å². The third-order valence-electron chi connectivity index (χ3n) is 14.6. The summed E-state index contributed by atoms with van der Waals surface area (Å²) in [6.45, 7) is 18.2. The number of methoxy groups -OCH3 is 2. The average molecular weight is 1390 g/mol. The van der Waals surface area contributed by atoms with Crippen LogP contribution in [0, 0.1) is 0 Å². The van der Waals surface area contributed by atoms with E-state index in [0.717, 1.165) is 54.2 Å². The Morgan fingerprint density at radius 1 is 0.644 bits per heavy atom. The number of halogens is 1. The summed E-state index contributed by atoms with van der Waals surface area (Å²) in [5, 5.41) is 0.562. The van der Waals surface area contributed by atoms with Crippen LogP contribution in [0.25, 0.3) is 5.57 Å². The molecule has 0 aliphatic carbocycles. The molecular formula is C65H92IN3O20S. The Hall–Kier alpha value is -5.08. The Morgan fingerprint density at radius 3 is 1.64 bits per heavy atom. The summed E-state index contributed by atoms with van der Waals surface area (Å²) in [5.74, 6) is -0.940. The summed E-state index contributed by atoms with van der Waals surface area (Å²) in [7, 11) is -1.21. The third kappa shape index (κ3) is 25.1. The van der Waals surface area contributed by atoms with Crippen LogP contribution in [-0.4, -0.2) is 219 Å². The second kappa shape index (κ2) is 41.5. The summed E-state index contributed by atoms with van der Waals surface area (Å²) in [6, 6.07) is 21.3. The van der Waals surface area contributed by atoms with Gasteiger partial charge in [-0.05, 0) is 84.5 Å². The summed E-state index contributed by atoms with van der Waals surface area (Å²) >= 11 is -1.07. The monoisotopic (exact) mass is 1390 g/mol. The lowest BCUT2D eigenvalue weighted by atomic mass is 9.83. The molecule has 90 heavy (non-hydrogen) atoms. The van der Waals surface area contributed by atoms with Gasteiger partial charge in [0.05, 0.1) is 150 Å². The first-order valence-electron chi connectivity index (χ1n) is 30.7. The number of carbonyl (C=O) groups excluding carboxylic acids is 3. The largest absolute Gasteiger partial charge is 0.434 e. The van der Waals surface area contributed by atoms with Crippen molar-refractivity contribution >= 4 is 69.5 Å². The molecule has 25 heteroatoms. The van der Waals surface area contributed by atoms with Crippen molar-refractivity contribution in [2.45, 2.75) is 69.6 Å². The SMILES string of the molecule is COCCOCCOCCOCCOCCOCCN(CCOCCOCCOCCOCCOCCOC)c1ccc2c(c1)OI=C(/C=C/C=C1/N(CCCCCC(=O)ON3C(=O)CCC3=O)c3ccc(S(=O)(=O)O)cc3C1(C)C)C(C)=C2c1ccccc1. The molecule has 6 rings (SSSR count). The lowest BCUT2D eigenvalue weighted by molar-refractivity contribution is -0.197. The maximum atomic E-state index is 12.6. The van der Waals surface area contributed by atoms with Gasteiger partial charge in [-0.3, -0.25) is 14.1 Å². The Morgan fingerprint density at radius 2 is 1.14 bits per heavy atom. The highest BCUT2D eigenvalue weighted by molar-refractivity contribution is 14.2. The molecular weight excluding hydrogens is 1300 g/mol. The number of anilines is 2. The van der Waals surface area contributed by atoms with Gasteiger partial charge in [0, 0.05) is 90.7 Å². The molecule has 3 heterocycles. The molecule has 3 aromatic carbocycles. The van der Waals surface area contributed by atoms with E-state index in [9.17, 15) is 27.4 Å². The number of nitrogens with zero attached hydrogens (tertiary/aromatic N) is 3. The summed E-state index contributed by atoms with van der Waals surface area (Å²) in [6.07, 6.45) is 7.97. The van der Waals surface area contributed by atoms with Gasteiger partial charge in [0.1, 0.15) is 26.9 Å². The van der Waals surface area contributed by atoms with Gasteiger partial charge in [-0.2, -0.15) is 8.42 Å². The Kier molecular flexibility index (Phi) is 34.1. The lowest BCUT2D eigenvalue weighted by Crippen LogP contribution is -2.32. The van der Waals surface area contributed by atoms with Crippen LogP contribution in [0.4, 0.5) is 11.4 Å². The molecule has 0 unspecified atom stereocenters. The third-order valence-corrected chi connectivity index (χ3v) is 17.8. The van der Waals surface area contributed by atoms with Crippen LogP contribution in [0.1, 0.15) is 76.0 Å². The van der Waals surface area contributed by atoms with Gasteiger partial charge in [-0.15, -0.1) is 5.06 Å². The Labute approximate surface area is 541 Å². The van der Waals surface area contributed by atoms with Crippen molar-refractivity contribution in [3.05, 3.63) is 113 Å². The zero-order valence-electron chi connectivity index (χ0n) is 52.8. The van der Waals surface area contributed by atoms with Crippen LogP contribution >= 0.6 is 21.1 Å². The Bertz CT molecular complexity index is 2850. The van der Waals surface area contributed by atoms with E-state index in [1.54, 1.807) is 20.3 Å². The van der Waals surface area contributed by atoms with Crippen LogP contribution < -0.4 is 12.9 Å². The maximum absolute atomic E-state index is 12.6. The molecule has 23 nitrogen and oxygen atoms in total. The number of hydroxylamine groups is 2. The van der Waals surface area contributed by atoms with E-state index >= 15 is 0 Å². The highest BCUT2D eigenvalue weighted by Crippen LogP contribution is 2.49. The maximum Gasteiger partial charge on any atom is 0.333 e. The van der Waals surface area contributed by atoms with Crippen molar-refractivity contribution in [3.63, 3.8) is 0 Å². The van der Waals surface area contributed by atoms with Crippen LogP contribution in [0.3, 0.4) is 0 Å².